The van der Waals surface area contributed by atoms with Crippen LogP contribution in [0, 0.1) is 6.92 Å². The van der Waals surface area contributed by atoms with E-state index in [1.807, 2.05) is 19.1 Å². The Labute approximate surface area is 115 Å². The van der Waals surface area contributed by atoms with Crippen molar-refractivity contribution in [3.63, 3.8) is 0 Å². The molecule has 4 nitrogen and oxygen atoms in total. The van der Waals surface area contributed by atoms with Gasteiger partial charge in [-0.05, 0) is 25.3 Å². The summed E-state index contributed by atoms with van der Waals surface area (Å²) in [5.74, 6) is 0. The van der Waals surface area contributed by atoms with E-state index in [-0.39, 0.29) is 12.6 Å². The third-order valence-electron chi connectivity index (χ3n) is 2.77. The fourth-order valence-electron chi connectivity index (χ4n) is 1.55. The monoisotopic (exact) mass is 265 g/mol. The lowest BCUT2D eigenvalue weighted by Gasteiger charge is -2.09. The highest BCUT2D eigenvalue weighted by molar-refractivity contribution is 5.45. The van der Waals surface area contributed by atoms with Gasteiger partial charge in [-0.25, -0.2) is 4.99 Å². The molecule has 1 aromatic carbocycles. The minimum absolute atomic E-state index is 0.0112. The van der Waals surface area contributed by atoms with Gasteiger partial charge in [0.25, 0.3) is 0 Å². The Morgan fingerprint density at radius 3 is 2.68 bits per heavy atom. The molecular weight excluding hydrogens is 242 g/mol. The summed E-state index contributed by atoms with van der Waals surface area (Å²) in [4.78, 5) is 13.9. The summed E-state index contributed by atoms with van der Waals surface area (Å²) in [6.45, 7) is 4.68. The summed E-state index contributed by atoms with van der Waals surface area (Å²) >= 11 is 0. The summed E-state index contributed by atoms with van der Waals surface area (Å²) in [5, 5.41) is 9.27. The zero-order valence-electron chi connectivity index (χ0n) is 11.7. The largest absolute Gasteiger partial charge is 0.394 e. The fourth-order valence-corrected chi connectivity index (χ4v) is 1.55. The predicted octanol–water partition coefficient (Wildman–Crippen LogP) is 2.68. The number of unbranched alkanes of at least 4 members (excludes halogenated alkanes) is 1. The molecule has 0 heterocycles. The van der Waals surface area contributed by atoms with Crippen molar-refractivity contribution in [3.05, 3.63) is 35.4 Å². The molecular formula is C15H23NO3. The molecule has 0 aliphatic heterocycles. The number of aliphatic imine (C=N–C) groups is 1. The minimum atomic E-state index is -0.197. The second-order valence-corrected chi connectivity index (χ2v) is 4.55. The Hall–Kier alpha value is -1.39. The Bertz CT molecular complexity index is 362. The molecule has 0 bridgehead atoms. The van der Waals surface area contributed by atoms with E-state index in [4.69, 9.17) is 9.78 Å². The van der Waals surface area contributed by atoms with Crippen molar-refractivity contribution in [1.82, 2.24) is 0 Å². The molecule has 1 aromatic rings. The van der Waals surface area contributed by atoms with Crippen LogP contribution >= 0.6 is 0 Å². The van der Waals surface area contributed by atoms with Gasteiger partial charge in [0.15, 0.2) is 0 Å². The van der Waals surface area contributed by atoms with Crippen LogP contribution in [0.2, 0.25) is 0 Å². The maximum absolute atomic E-state index is 9.27. The summed E-state index contributed by atoms with van der Waals surface area (Å²) < 4.78 is 0. The summed E-state index contributed by atoms with van der Waals surface area (Å²) in [5.41, 5.74) is 2.37. The highest BCUT2D eigenvalue weighted by atomic mass is 17.2. The van der Waals surface area contributed by atoms with Crippen LogP contribution in [0.3, 0.4) is 0 Å². The Balaban J connectivity index is 2.32. The zero-order valence-corrected chi connectivity index (χ0v) is 11.7. The molecule has 0 spiro atoms. The molecule has 1 unspecified atom stereocenters. The molecule has 0 saturated carbocycles. The van der Waals surface area contributed by atoms with Gasteiger partial charge in [-0.15, -0.1) is 0 Å². The van der Waals surface area contributed by atoms with Gasteiger partial charge in [0.2, 0.25) is 6.40 Å². The Morgan fingerprint density at radius 1 is 1.32 bits per heavy atom. The van der Waals surface area contributed by atoms with E-state index >= 15 is 0 Å². The average Bonchev–Trinajstić information content (AvgIpc) is 2.43. The van der Waals surface area contributed by atoms with Gasteiger partial charge in [-0.3, -0.25) is 0 Å². The van der Waals surface area contributed by atoms with Crippen molar-refractivity contribution in [3.8, 4) is 0 Å². The van der Waals surface area contributed by atoms with Gasteiger partial charge in [0.1, 0.15) is 0 Å². The van der Waals surface area contributed by atoms with E-state index in [1.165, 1.54) is 12.0 Å². The van der Waals surface area contributed by atoms with Crippen molar-refractivity contribution in [2.24, 2.45) is 4.99 Å². The van der Waals surface area contributed by atoms with Crippen molar-refractivity contribution in [2.45, 2.75) is 39.2 Å². The molecule has 0 radical (unpaired) electrons. The van der Waals surface area contributed by atoms with E-state index in [1.54, 1.807) is 0 Å². The van der Waals surface area contributed by atoms with Gasteiger partial charge in [-0.2, -0.15) is 4.89 Å². The fraction of sp³-hybridized carbons (Fsp3) is 0.533. The molecule has 0 saturated heterocycles. The lowest BCUT2D eigenvalue weighted by Crippen LogP contribution is -2.14. The molecule has 106 valence electrons. The Kier molecular flexibility index (Phi) is 7.86. The van der Waals surface area contributed by atoms with Gasteiger partial charge < -0.3 is 9.99 Å². The first-order valence-electron chi connectivity index (χ1n) is 6.72. The minimum Gasteiger partial charge on any atom is -0.394 e. The second kappa shape index (κ2) is 9.53. The molecule has 0 aliphatic rings. The van der Waals surface area contributed by atoms with Gasteiger partial charge in [0.05, 0.1) is 19.3 Å². The number of hydrogen-bond acceptors (Lipinski definition) is 4. The van der Waals surface area contributed by atoms with Crippen molar-refractivity contribution < 1.29 is 14.9 Å². The number of aryl methyl sites for hydroxylation is 1. The first kappa shape index (κ1) is 15.7. The van der Waals surface area contributed by atoms with Crippen LogP contribution in [0.4, 0.5) is 0 Å². The molecule has 0 aromatic heterocycles. The maximum Gasteiger partial charge on any atom is 0.215 e. The molecule has 1 rings (SSSR count). The van der Waals surface area contributed by atoms with Gasteiger partial charge in [-0.1, -0.05) is 43.2 Å². The third-order valence-corrected chi connectivity index (χ3v) is 2.77. The van der Waals surface area contributed by atoms with E-state index in [9.17, 15) is 5.11 Å². The van der Waals surface area contributed by atoms with Crippen LogP contribution in [-0.4, -0.2) is 30.8 Å². The summed E-state index contributed by atoms with van der Waals surface area (Å²) in [6.07, 6.45) is 3.98. The zero-order chi connectivity index (χ0) is 13.9. The first-order valence-corrected chi connectivity index (χ1v) is 6.72. The third kappa shape index (κ3) is 6.94. The molecule has 4 heteroatoms. The number of nitrogens with zero attached hydrogens (tertiary/aromatic N) is 1. The summed E-state index contributed by atoms with van der Waals surface area (Å²) in [7, 11) is 0. The van der Waals surface area contributed by atoms with Crippen LogP contribution in [0.5, 0.6) is 0 Å². The smallest absolute Gasteiger partial charge is 0.215 e. The Morgan fingerprint density at radius 2 is 2.05 bits per heavy atom. The predicted molar refractivity (Wildman–Crippen MR) is 76.2 cm³/mol. The van der Waals surface area contributed by atoms with E-state index in [2.05, 4.69) is 24.0 Å². The SMILES string of the molecule is CCCCOOC=NC(CO)Cc1ccc(C)cc1. The molecule has 1 N–H and O–H groups in total. The van der Waals surface area contributed by atoms with E-state index < -0.39 is 0 Å². The average molecular weight is 265 g/mol. The highest BCUT2D eigenvalue weighted by Crippen LogP contribution is 2.07. The number of aliphatic hydroxyl groups is 1. The number of aliphatic hydroxyl groups excluding tert-OH is 1. The molecule has 19 heavy (non-hydrogen) atoms. The van der Waals surface area contributed by atoms with Gasteiger partial charge in [0, 0.05) is 0 Å². The quantitative estimate of drug-likeness (QED) is 0.245. The number of rotatable bonds is 9. The van der Waals surface area contributed by atoms with Crippen molar-refractivity contribution in [2.75, 3.05) is 13.2 Å². The standard InChI is InChI=1S/C15H23NO3/c1-3-4-9-18-19-12-16-15(11-17)10-14-7-5-13(2)6-8-14/h5-8,12,15,17H,3-4,9-11H2,1-2H3. The van der Waals surface area contributed by atoms with Crippen LogP contribution in [0.15, 0.2) is 29.3 Å². The van der Waals surface area contributed by atoms with Gasteiger partial charge >= 0.3 is 0 Å². The molecule has 1 atom stereocenters. The van der Waals surface area contributed by atoms with E-state index in [0.29, 0.717) is 13.0 Å². The second-order valence-electron chi connectivity index (χ2n) is 4.55. The lowest BCUT2D eigenvalue weighted by atomic mass is 10.1. The molecule has 0 amide bonds. The molecule has 0 aliphatic carbocycles. The topological polar surface area (TPSA) is 51.0 Å². The van der Waals surface area contributed by atoms with E-state index in [0.717, 1.165) is 18.4 Å². The van der Waals surface area contributed by atoms with Crippen molar-refractivity contribution >= 4 is 6.40 Å². The summed E-state index contributed by atoms with van der Waals surface area (Å²) in [6, 6.07) is 8.01. The lowest BCUT2D eigenvalue weighted by molar-refractivity contribution is -0.217. The van der Waals surface area contributed by atoms with Crippen LogP contribution in [-0.2, 0) is 16.2 Å². The molecule has 0 fully saturated rings. The first-order chi connectivity index (χ1) is 9.26. The van der Waals surface area contributed by atoms with Crippen LogP contribution in [0.25, 0.3) is 0 Å². The number of hydrogen-bond donors (Lipinski definition) is 1. The normalized spacial score (nSPS) is 12.8. The number of benzene rings is 1. The van der Waals surface area contributed by atoms with Crippen LogP contribution < -0.4 is 0 Å². The maximum atomic E-state index is 9.27. The highest BCUT2D eigenvalue weighted by Gasteiger charge is 2.05. The van der Waals surface area contributed by atoms with Crippen molar-refractivity contribution in [1.29, 1.82) is 0 Å². The van der Waals surface area contributed by atoms with Crippen LogP contribution in [0.1, 0.15) is 30.9 Å².